The van der Waals surface area contributed by atoms with Crippen LogP contribution in [0.5, 0.6) is 0 Å². The topological polar surface area (TPSA) is 66.5 Å². The second kappa shape index (κ2) is 5.13. The summed E-state index contributed by atoms with van der Waals surface area (Å²) in [4.78, 5) is 6.82. The summed E-state index contributed by atoms with van der Waals surface area (Å²) in [6, 6.07) is 0.461. The van der Waals surface area contributed by atoms with Gasteiger partial charge in [-0.05, 0) is 32.6 Å². The van der Waals surface area contributed by atoms with Gasteiger partial charge in [0.1, 0.15) is 5.82 Å². The van der Waals surface area contributed by atoms with Crippen LogP contribution in [0.2, 0.25) is 0 Å². The minimum Gasteiger partial charge on any atom is -0.396 e. The summed E-state index contributed by atoms with van der Waals surface area (Å²) in [5.41, 5.74) is 0.830. The maximum absolute atomic E-state index is 9.00. The molecule has 1 saturated heterocycles. The predicted molar refractivity (Wildman–Crippen MR) is 72.2 cm³/mol. The van der Waals surface area contributed by atoms with Gasteiger partial charge in [-0.15, -0.1) is 10.2 Å². The largest absolute Gasteiger partial charge is 0.396 e. The number of aliphatic hydroxyl groups excluding tert-OH is 1. The standard InChI is InChI=1S/C13H19N5O/c1-10-15-16-13-12(14-6-8-17(10)13)18-7-2-4-11(18)5-3-9-19/h6,8,11,19H,2-5,7,9H2,1H3. The van der Waals surface area contributed by atoms with E-state index in [0.717, 1.165) is 43.1 Å². The summed E-state index contributed by atoms with van der Waals surface area (Å²) in [7, 11) is 0. The average molecular weight is 261 g/mol. The average Bonchev–Trinajstić information content (AvgIpc) is 3.03. The molecule has 1 atom stereocenters. The van der Waals surface area contributed by atoms with Crippen LogP contribution in [0.4, 0.5) is 5.82 Å². The molecule has 1 aliphatic heterocycles. The molecule has 3 rings (SSSR count). The van der Waals surface area contributed by atoms with Gasteiger partial charge in [-0.1, -0.05) is 0 Å². The summed E-state index contributed by atoms with van der Waals surface area (Å²) in [6.07, 6.45) is 7.89. The molecular weight excluding hydrogens is 242 g/mol. The fraction of sp³-hybridized carbons (Fsp3) is 0.615. The van der Waals surface area contributed by atoms with E-state index in [2.05, 4.69) is 20.1 Å². The molecule has 0 aliphatic carbocycles. The number of fused-ring (bicyclic) bond motifs is 1. The molecular formula is C13H19N5O. The van der Waals surface area contributed by atoms with Crippen molar-refractivity contribution >= 4 is 11.5 Å². The van der Waals surface area contributed by atoms with Gasteiger partial charge in [0, 0.05) is 31.6 Å². The number of nitrogens with zero attached hydrogens (tertiary/aromatic N) is 5. The van der Waals surface area contributed by atoms with Crippen LogP contribution in [0.15, 0.2) is 12.4 Å². The van der Waals surface area contributed by atoms with Crippen molar-refractivity contribution in [1.29, 1.82) is 0 Å². The highest BCUT2D eigenvalue weighted by atomic mass is 16.2. The zero-order valence-corrected chi connectivity index (χ0v) is 11.2. The Balaban J connectivity index is 1.94. The zero-order chi connectivity index (χ0) is 13.2. The van der Waals surface area contributed by atoms with Gasteiger partial charge in [0.15, 0.2) is 5.82 Å². The molecule has 102 valence electrons. The van der Waals surface area contributed by atoms with Crippen molar-refractivity contribution in [2.24, 2.45) is 0 Å². The van der Waals surface area contributed by atoms with E-state index in [-0.39, 0.29) is 6.61 Å². The Labute approximate surface area is 112 Å². The number of aliphatic hydroxyl groups is 1. The van der Waals surface area contributed by atoms with Gasteiger partial charge in [-0.25, -0.2) is 4.98 Å². The van der Waals surface area contributed by atoms with Crippen LogP contribution >= 0.6 is 0 Å². The van der Waals surface area contributed by atoms with E-state index in [1.54, 1.807) is 6.20 Å². The molecule has 1 fully saturated rings. The first kappa shape index (κ1) is 12.3. The lowest BCUT2D eigenvalue weighted by molar-refractivity contribution is 0.279. The molecule has 1 unspecified atom stereocenters. The number of aromatic nitrogens is 4. The smallest absolute Gasteiger partial charge is 0.203 e. The third-order valence-corrected chi connectivity index (χ3v) is 3.82. The molecule has 0 radical (unpaired) electrons. The predicted octanol–water partition coefficient (Wildman–Crippen LogP) is 1.17. The van der Waals surface area contributed by atoms with E-state index < -0.39 is 0 Å². The van der Waals surface area contributed by atoms with Gasteiger partial charge in [-0.2, -0.15) is 0 Å². The first-order valence-electron chi connectivity index (χ1n) is 6.85. The molecule has 6 nitrogen and oxygen atoms in total. The van der Waals surface area contributed by atoms with Gasteiger partial charge < -0.3 is 10.0 Å². The molecule has 0 bridgehead atoms. The first-order chi connectivity index (χ1) is 9.31. The van der Waals surface area contributed by atoms with Crippen LogP contribution in [0.1, 0.15) is 31.5 Å². The quantitative estimate of drug-likeness (QED) is 0.895. The Morgan fingerprint density at radius 1 is 1.42 bits per heavy atom. The normalized spacial score (nSPS) is 19.5. The van der Waals surface area contributed by atoms with Crippen LogP contribution in [0.25, 0.3) is 5.65 Å². The summed E-state index contributed by atoms with van der Waals surface area (Å²) >= 11 is 0. The van der Waals surface area contributed by atoms with Gasteiger partial charge in [0.2, 0.25) is 5.65 Å². The van der Waals surface area contributed by atoms with Crippen molar-refractivity contribution in [3.8, 4) is 0 Å². The Bertz CT molecular complexity index is 567. The number of rotatable bonds is 4. The Hall–Kier alpha value is -1.69. The summed E-state index contributed by atoms with van der Waals surface area (Å²) in [6.45, 7) is 3.21. The lowest BCUT2D eigenvalue weighted by Crippen LogP contribution is -2.30. The fourth-order valence-corrected chi connectivity index (χ4v) is 2.87. The lowest BCUT2D eigenvalue weighted by atomic mass is 10.1. The zero-order valence-electron chi connectivity index (χ0n) is 11.2. The Morgan fingerprint density at radius 3 is 3.16 bits per heavy atom. The molecule has 0 amide bonds. The molecule has 2 aromatic heterocycles. The second-order valence-electron chi connectivity index (χ2n) is 5.05. The van der Waals surface area contributed by atoms with Gasteiger partial charge in [-0.3, -0.25) is 4.40 Å². The number of aryl methyl sites for hydroxylation is 1. The minimum atomic E-state index is 0.256. The van der Waals surface area contributed by atoms with E-state index in [1.165, 1.54) is 6.42 Å². The van der Waals surface area contributed by atoms with Crippen molar-refractivity contribution < 1.29 is 5.11 Å². The Morgan fingerprint density at radius 2 is 2.32 bits per heavy atom. The van der Waals surface area contributed by atoms with E-state index >= 15 is 0 Å². The van der Waals surface area contributed by atoms with E-state index in [1.807, 2.05) is 17.5 Å². The molecule has 3 heterocycles. The van der Waals surface area contributed by atoms with Crippen LogP contribution < -0.4 is 4.90 Å². The molecule has 1 aliphatic rings. The van der Waals surface area contributed by atoms with Gasteiger partial charge in [0.05, 0.1) is 0 Å². The maximum atomic E-state index is 9.00. The van der Waals surface area contributed by atoms with Crippen molar-refractivity contribution in [2.75, 3.05) is 18.1 Å². The van der Waals surface area contributed by atoms with Gasteiger partial charge >= 0.3 is 0 Å². The van der Waals surface area contributed by atoms with Crippen molar-refractivity contribution in [3.63, 3.8) is 0 Å². The van der Waals surface area contributed by atoms with E-state index in [4.69, 9.17) is 5.11 Å². The van der Waals surface area contributed by atoms with Crippen LogP contribution in [-0.4, -0.2) is 43.9 Å². The highest BCUT2D eigenvalue weighted by Gasteiger charge is 2.27. The molecule has 0 spiro atoms. The van der Waals surface area contributed by atoms with Crippen molar-refractivity contribution in [3.05, 3.63) is 18.2 Å². The minimum absolute atomic E-state index is 0.256. The SMILES string of the molecule is Cc1nnc2c(N3CCCC3CCCO)nccn12. The Kier molecular flexibility index (Phi) is 3.33. The fourth-order valence-electron chi connectivity index (χ4n) is 2.87. The molecule has 0 aromatic carbocycles. The monoisotopic (exact) mass is 261 g/mol. The molecule has 6 heteroatoms. The summed E-state index contributed by atoms with van der Waals surface area (Å²) in [5, 5.41) is 17.4. The second-order valence-corrected chi connectivity index (χ2v) is 5.05. The first-order valence-corrected chi connectivity index (χ1v) is 6.85. The third kappa shape index (κ3) is 2.16. The van der Waals surface area contributed by atoms with Crippen LogP contribution in [-0.2, 0) is 0 Å². The van der Waals surface area contributed by atoms with Crippen LogP contribution in [0.3, 0.4) is 0 Å². The highest BCUT2D eigenvalue weighted by Crippen LogP contribution is 2.28. The van der Waals surface area contributed by atoms with E-state index in [0.29, 0.717) is 6.04 Å². The highest BCUT2D eigenvalue weighted by molar-refractivity contribution is 5.64. The summed E-state index contributed by atoms with van der Waals surface area (Å²) < 4.78 is 1.98. The third-order valence-electron chi connectivity index (χ3n) is 3.82. The summed E-state index contributed by atoms with van der Waals surface area (Å²) in [5.74, 6) is 1.80. The van der Waals surface area contributed by atoms with Crippen molar-refractivity contribution in [2.45, 2.75) is 38.6 Å². The molecule has 2 aromatic rings. The molecule has 1 N–H and O–H groups in total. The van der Waals surface area contributed by atoms with E-state index in [9.17, 15) is 0 Å². The van der Waals surface area contributed by atoms with Crippen LogP contribution in [0, 0.1) is 6.92 Å². The van der Waals surface area contributed by atoms with Gasteiger partial charge in [0.25, 0.3) is 0 Å². The molecule has 0 saturated carbocycles. The number of anilines is 1. The van der Waals surface area contributed by atoms with Crippen molar-refractivity contribution in [1.82, 2.24) is 19.6 Å². The maximum Gasteiger partial charge on any atom is 0.203 e. The lowest BCUT2D eigenvalue weighted by Gasteiger charge is -2.25. The number of hydrogen-bond donors (Lipinski definition) is 1. The number of hydrogen-bond acceptors (Lipinski definition) is 5. The molecule has 19 heavy (non-hydrogen) atoms.